The molecule has 3 rings (SSSR count). The highest BCUT2D eigenvalue weighted by Gasteiger charge is 2.09. The van der Waals surface area contributed by atoms with Gasteiger partial charge in [-0.05, 0) is 42.8 Å². The summed E-state index contributed by atoms with van der Waals surface area (Å²) < 4.78 is 5.06. The fraction of sp³-hybridized carbons (Fsp3) is 0.105. The summed E-state index contributed by atoms with van der Waals surface area (Å²) in [7, 11) is 1.44. The molecule has 25 heavy (non-hydrogen) atoms. The van der Waals surface area contributed by atoms with Crippen LogP contribution in [0.4, 0.5) is 0 Å². The minimum atomic E-state index is -0.298. The lowest BCUT2D eigenvalue weighted by atomic mass is 10.1. The third-order valence-electron chi connectivity index (χ3n) is 3.75. The van der Waals surface area contributed by atoms with Gasteiger partial charge in [0.1, 0.15) is 6.07 Å². The normalized spacial score (nSPS) is 11.3. The van der Waals surface area contributed by atoms with Crippen LogP contribution in [0.1, 0.15) is 17.0 Å². The second-order valence-electron chi connectivity index (χ2n) is 5.54. The summed E-state index contributed by atoms with van der Waals surface area (Å²) in [6.07, 6.45) is 1.57. The molecule has 0 unspecified atom stereocenters. The number of aromatic amines is 1. The van der Waals surface area contributed by atoms with E-state index in [0.29, 0.717) is 22.2 Å². The van der Waals surface area contributed by atoms with Crippen molar-refractivity contribution in [3.63, 3.8) is 0 Å². The van der Waals surface area contributed by atoms with Gasteiger partial charge in [0.25, 0.3) is 5.56 Å². The molecule has 0 aliphatic heterocycles. The van der Waals surface area contributed by atoms with Crippen LogP contribution >= 0.6 is 0 Å². The number of nitrogens with zero attached hydrogens (tertiary/aromatic N) is 2. The number of aromatic nitrogens is 2. The standard InChI is InChI=1S/C19H15N3O3/c1-11-3-5-15-14(7-11)19(24)22-18(21-15)13(10-20)8-12-4-6-16(23)17(9-12)25-2/h3-9,23H,1-2H3,(H,21,22,24)/b13-8+. The van der Waals surface area contributed by atoms with Gasteiger partial charge in [-0.3, -0.25) is 4.79 Å². The van der Waals surface area contributed by atoms with Gasteiger partial charge in [-0.2, -0.15) is 5.26 Å². The van der Waals surface area contributed by atoms with Gasteiger partial charge in [-0.1, -0.05) is 17.7 Å². The number of ether oxygens (including phenoxy) is 1. The Morgan fingerprint density at radius 2 is 2.12 bits per heavy atom. The van der Waals surface area contributed by atoms with Crippen LogP contribution in [0.3, 0.4) is 0 Å². The summed E-state index contributed by atoms with van der Waals surface area (Å²) in [6, 6.07) is 12.1. The Balaban J connectivity index is 2.13. The number of methoxy groups -OCH3 is 1. The minimum absolute atomic E-state index is 0.00534. The van der Waals surface area contributed by atoms with E-state index in [1.165, 1.54) is 13.2 Å². The first-order chi connectivity index (χ1) is 12.0. The van der Waals surface area contributed by atoms with Crippen molar-refractivity contribution in [1.29, 1.82) is 5.26 Å². The third kappa shape index (κ3) is 3.21. The Hall–Kier alpha value is -3.59. The van der Waals surface area contributed by atoms with Crippen molar-refractivity contribution in [3.8, 4) is 17.6 Å². The van der Waals surface area contributed by atoms with E-state index in [0.717, 1.165) is 5.56 Å². The first-order valence-corrected chi connectivity index (χ1v) is 7.51. The maximum Gasteiger partial charge on any atom is 0.259 e. The predicted octanol–water partition coefficient (Wildman–Crippen LogP) is 3.01. The molecular formula is C19H15N3O3. The monoisotopic (exact) mass is 333 g/mol. The number of nitriles is 1. The zero-order valence-electron chi connectivity index (χ0n) is 13.7. The van der Waals surface area contributed by atoms with E-state index < -0.39 is 0 Å². The average molecular weight is 333 g/mol. The molecule has 0 aliphatic rings. The van der Waals surface area contributed by atoms with Crippen LogP contribution in [0.5, 0.6) is 11.5 Å². The fourth-order valence-corrected chi connectivity index (χ4v) is 2.48. The second-order valence-corrected chi connectivity index (χ2v) is 5.54. The Bertz CT molecular complexity index is 1090. The molecule has 1 aromatic heterocycles. The molecular weight excluding hydrogens is 318 g/mol. The Morgan fingerprint density at radius 1 is 1.32 bits per heavy atom. The summed E-state index contributed by atoms with van der Waals surface area (Å²) in [5, 5.41) is 19.6. The SMILES string of the molecule is COc1cc(/C=C(\C#N)c2nc3ccc(C)cc3c(=O)[nH]2)ccc1O. The lowest BCUT2D eigenvalue weighted by Crippen LogP contribution is -2.11. The highest BCUT2D eigenvalue weighted by molar-refractivity contribution is 5.89. The lowest BCUT2D eigenvalue weighted by Gasteiger charge is -2.05. The number of hydrogen-bond donors (Lipinski definition) is 2. The molecule has 0 atom stereocenters. The molecule has 2 N–H and O–H groups in total. The lowest BCUT2D eigenvalue weighted by molar-refractivity contribution is 0.373. The number of allylic oxidation sites excluding steroid dienone is 1. The van der Waals surface area contributed by atoms with E-state index in [9.17, 15) is 15.2 Å². The molecule has 0 amide bonds. The van der Waals surface area contributed by atoms with Crippen LogP contribution < -0.4 is 10.3 Å². The molecule has 0 aliphatic carbocycles. The molecule has 6 heteroatoms. The van der Waals surface area contributed by atoms with Crippen LogP contribution in [0.2, 0.25) is 0 Å². The van der Waals surface area contributed by atoms with E-state index in [1.807, 2.05) is 19.1 Å². The molecule has 0 radical (unpaired) electrons. The molecule has 0 bridgehead atoms. The van der Waals surface area contributed by atoms with Crippen LogP contribution in [-0.2, 0) is 0 Å². The van der Waals surface area contributed by atoms with E-state index in [1.54, 1.807) is 30.3 Å². The maximum atomic E-state index is 12.3. The van der Waals surface area contributed by atoms with Crippen LogP contribution in [0, 0.1) is 18.3 Å². The average Bonchev–Trinajstić information content (AvgIpc) is 2.61. The van der Waals surface area contributed by atoms with Crippen molar-refractivity contribution < 1.29 is 9.84 Å². The van der Waals surface area contributed by atoms with Gasteiger partial charge in [0.15, 0.2) is 17.3 Å². The molecule has 0 fully saturated rings. The largest absolute Gasteiger partial charge is 0.504 e. The molecule has 3 aromatic rings. The molecule has 6 nitrogen and oxygen atoms in total. The number of aryl methyl sites for hydroxylation is 1. The van der Waals surface area contributed by atoms with Crippen molar-refractivity contribution in [2.24, 2.45) is 0 Å². The number of aromatic hydroxyl groups is 1. The van der Waals surface area contributed by atoms with Crippen molar-refractivity contribution in [3.05, 3.63) is 63.7 Å². The van der Waals surface area contributed by atoms with Crippen molar-refractivity contribution in [1.82, 2.24) is 9.97 Å². The van der Waals surface area contributed by atoms with Crippen molar-refractivity contribution >= 4 is 22.6 Å². The zero-order chi connectivity index (χ0) is 18.0. The van der Waals surface area contributed by atoms with Gasteiger partial charge < -0.3 is 14.8 Å². The number of benzene rings is 2. The van der Waals surface area contributed by atoms with Gasteiger partial charge in [0.2, 0.25) is 0 Å². The number of H-pyrrole nitrogens is 1. The van der Waals surface area contributed by atoms with Crippen LogP contribution in [0.25, 0.3) is 22.6 Å². The first kappa shape index (κ1) is 16.3. The topological polar surface area (TPSA) is 99.0 Å². The quantitative estimate of drug-likeness (QED) is 0.718. The Labute approximate surface area is 143 Å². The number of fused-ring (bicyclic) bond motifs is 1. The summed E-state index contributed by atoms with van der Waals surface area (Å²) in [4.78, 5) is 19.3. The molecule has 0 spiro atoms. The summed E-state index contributed by atoms with van der Waals surface area (Å²) in [6.45, 7) is 1.89. The van der Waals surface area contributed by atoms with Gasteiger partial charge in [0, 0.05) is 0 Å². The highest BCUT2D eigenvalue weighted by atomic mass is 16.5. The molecule has 1 heterocycles. The van der Waals surface area contributed by atoms with E-state index in [4.69, 9.17) is 4.74 Å². The number of hydrogen-bond acceptors (Lipinski definition) is 5. The maximum absolute atomic E-state index is 12.3. The third-order valence-corrected chi connectivity index (χ3v) is 3.75. The van der Waals surface area contributed by atoms with Crippen LogP contribution in [-0.4, -0.2) is 22.2 Å². The Morgan fingerprint density at radius 3 is 2.84 bits per heavy atom. The Kier molecular flexibility index (Phi) is 4.23. The summed E-state index contributed by atoms with van der Waals surface area (Å²) in [5.41, 5.74) is 2.02. The van der Waals surface area contributed by atoms with Gasteiger partial charge in [-0.15, -0.1) is 0 Å². The number of phenols is 1. The predicted molar refractivity (Wildman–Crippen MR) is 95.2 cm³/mol. The smallest absolute Gasteiger partial charge is 0.259 e. The summed E-state index contributed by atoms with van der Waals surface area (Å²) >= 11 is 0. The molecule has 124 valence electrons. The van der Waals surface area contributed by atoms with Gasteiger partial charge >= 0.3 is 0 Å². The van der Waals surface area contributed by atoms with Crippen molar-refractivity contribution in [2.75, 3.05) is 7.11 Å². The van der Waals surface area contributed by atoms with E-state index in [2.05, 4.69) is 9.97 Å². The second kappa shape index (κ2) is 6.49. The number of nitrogens with one attached hydrogen (secondary N) is 1. The van der Waals surface area contributed by atoms with E-state index in [-0.39, 0.29) is 22.7 Å². The molecule has 0 saturated carbocycles. The van der Waals surface area contributed by atoms with Crippen LogP contribution in [0.15, 0.2) is 41.2 Å². The zero-order valence-corrected chi connectivity index (χ0v) is 13.7. The van der Waals surface area contributed by atoms with E-state index >= 15 is 0 Å². The number of phenolic OH excluding ortho intramolecular Hbond substituents is 1. The number of rotatable bonds is 3. The highest BCUT2D eigenvalue weighted by Crippen LogP contribution is 2.28. The summed E-state index contributed by atoms with van der Waals surface area (Å²) in [5.74, 6) is 0.489. The molecule has 0 saturated heterocycles. The van der Waals surface area contributed by atoms with Gasteiger partial charge in [0.05, 0.1) is 23.6 Å². The minimum Gasteiger partial charge on any atom is -0.504 e. The molecule has 2 aromatic carbocycles. The fourth-order valence-electron chi connectivity index (χ4n) is 2.48. The van der Waals surface area contributed by atoms with Crippen molar-refractivity contribution in [2.45, 2.75) is 6.92 Å². The first-order valence-electron chi connectivity index (χ1n) is 7.51. The van der Waals surface area contributed by atoms with Gasteiger partial charge in [-0.25, -0.2) is 4.98 Å².